The summed E-state index contributed by atoms with van der Waals surface area (Å²) in [5, 5.41) is 10.0. The minimum Gasteiger partial charge on any atom is -0.392 e. The molecule has 0 unspecified atom stereocenters. The lowest BCUT2D eigenvalue weighted by Gasteiger charge is -2.07. The van der Waals surface area contributed by atoms with Crippen molar-refractivity contribution in [1.82, 2.24) is 0 Å². The van der Waals surface area contributed by atoms with Gasteiger partial charge in [-0.3, -0.25) is 0 Å². The van der Waals surface area contributed by atoms with E-state index in [2.05, 4.69) is 0 Å². The van der Waals surface area contributed by atoms with Crippen molar-refractivity contribution in [3.63, 3.8) is 0 Å². The van der Waals surface area contributed by atoms with Gasteiger partial charge in [-0.15, -0.1) is 0 Å². The summed E-state index contributed by atoms with van der Waals surface area (Å²) >= 11 is 12.2. The largest absolute Gasteiger partial charge is 0.392 e. The van der Waals surface area contributed by atoms with Crippen LogP contribution >= 0.6 is 23.2 Å². The summed E-state index contributed by atoms with van der Waals surface area (Å²) in [6, 6.07) is 13.6. The van der Waals surface area contributed by atoms with Crippen molar-refractivity contribution in [2.24, 2.45) is 0 Å². The van der Waals surface area contributed by atoms with Crippen LogP contribution in [0.25, 0.3) is 16.7 Å². The third-order valence-electron chi connectivity index (χ3n) is 3.00. The third-order valence-corrected chi connectivity index (χ3v) is 3.82. The molecular weight excluding hydrogens is 279 g/mol. The summed E-state index contributed by atoms with van der Waals surface area (Å²) in [5.41, 5.74) is 4.07. The van der Waals surface area contributed by atoms with E-state index in [0.717, 1.165) is 22.3 Å². The normalized spacial score (nSPS) is 11.7. The quantitative estimate of drug-likeness (QED) is 0.839. The molecule has 1 N–H and O–H groups in total. The number of halogens is 2. The lowest BCUT2D eigenvalue weighted by Crippen LogP contribution is -1.85. The van der Waals surface area contributed by atoms with E-state index in [0.29, 0.717) is 10.0 Å². The summed E-state index contributed by atoms with van der Waals surface area (Å²) in [6.45, 7) is 2.02. The van der Waals surface area contributed by atoms with Crippen molar-refractivity contribution in [3.05, 3.63) is 64.1 Å². The van der Waals surface area contributed by atoms with Crippen LogP contribution in [0.4, 0.5) is 0 Å². The van der Waals surface area contributed by atoms with Gasteiger partial charge in [0, 0.05) is 5.56 Å². The molecule has 0 aromatic heterocycles. The standard InChI is InChI=1S/C16H14Cl2O/c1-11(9-10-19)12-5-7-13(8-6-12)14-3-2-4-15(17)16(14)18/h2-9,19H,10H2,1H3/b11-9-. The van der Waals surface area contributed by atoms with Crippen LogP contribution in [-0.2, 0) is 0 Å². The Balaban J connectivity index is 2.38. The highest BCUT2D eigenvalue weighted by molar-refractivity contribution is 6.43. The maximum Gasteiger partial charge on any atom is 0.0670 e. The van der Waals surface area contributed by atoms with Crippen LogP contribution in [0.2, 0.25) is 10.0 Å². The molecule has 0 bridgehead atoms. The Morgan fingerprint density at radius 1 is 1.11 bits per heavy atom. The molecule has 2 aromatic carbocycles. The third kappa shape index (κ3) is 3.19. The molecule has 0 aliphatic rings. The van der Waals surface area contributed by atoms with E-state index >= 15 is 0 Å². The number of aliphatic hydroxyl groups is 1. The number of benzene rings is 2. The first kappa shape index (κ1) is 14.1. The van der Waals surface area contributed by atoms with Crippen molar-refractivity contribution < 1.29 is 5.11 Å². The molecule has 2 aromatic rings. The minimum atomic E-state index is 0.0493. The minimum absolute atomic E-state index is 0.0493. The first-order valence-corrected chi connectivity index (χ1v) is 6.71. The van der Waals surface area contributed by atoms with Gasteiger partial charge in [0.1, 0.15) is 0 Å². The number of allylic oxidation sites excluding steroid dienone is 1. The molecular formula is C16H14Cl2O. The topological polar surface area (TPSA) is 20.2 Å². The summed E-state index contributed by atoms with van der Waals surface area (Å²) in [4.78, 5) is 0. The van der Waals surface area contributed by atoms with Crippen molar-refractivity contribution in [1.29, 1.82) is 0 Å². The van der Waals surface area contributed by atoms with E-state index in [1.54, 1.807) is 12.1 Å². The Kier molecular flexibility index (Phi) is 4.65. The van der Waals surface area contributed by atoms with Gasteiger partial charge < -0.3 is 5.11 Å². The molecule has 2 rings (SSSR count). The van der Waals surface area contributed by atoms with Crippen LogP contribution in [0.15, 0.2) is 48.5 Å². The van der Waals surface area contributed by atoms with E-state index in [-0.39, 0.29) is 6.61 Å². The highest BCUT2D eigenvalue weighted by Gasteiger charge is 2.06. The van der Waals surface area contributed by atoms with Gasteiger partial charge >= 0.3 is 0 Å². The van der Waals surface area contributed by atoms with Crippen molar-refractivity contribution in [2.45, 2.75) is 6.92 Å². The van der Waals surface area contributed by atoms with Gasteiger partial charge in [0.2, 0.25) is 0 Å². The maximum atomic E-state index is 8.89. The fourth-order valence-corrected chi connectivity index (χ4v) is 2.30. The van der Waals surface area contributed by atoms with Crippen LogP contribution in [-0.4, -0.2) is 11.7 Å². The van der Waals surface area contributed by atoms with Crippen molar-refractivity contribution in [3.8, 4) is 11.1 Å². The van der Waals surface area contributed by atoms with Crippen molar-refractivity contribution in [2.75, 3.05) is 6.61 Å². The molecule has 0 radical (unpaired) electrons. The van der Waals surface area contributed by atoms with Gasteiger partial charge in [0.05, 0.1) is 16.7 Å². The Morgan fingerprint density at radius 2 is 1.79 bits per heavy atom. The molecule has 0 spiro atoms. The molecule has 0 heterocycles. The molecule has 0 saturated heterocycles. The van der Waals surface area contributed by atoms with Crippen molar-refractivity contribution >= 4 is 28.8 Å². The highest BCUT2D eigenvalue weighted by atomic mass is 35.5. The van der Waals surface area contributed by atoms with E-state index in [1.807, 2.05) is 43.3 Å². The average molecular weight is 293 g/mol. The van der Waals surface area contributed by atoms with Gasteiger partial charge in [-0.25, -0.2) is 0 Å². The van der Waals surface area contributed by atoms with E-state index < -0.39 is 0 Å². The summed E-state index contributed by atoms with van der Waals surface area (Å²) in [5.74, 6) is 0. The fraction of sp³-hybridized carbons (Fsp3) is 0.125. The number of rotatable bonds is 3. The summed E-state index contributed by atoms with van der Waals surface area (Å²) in [6.07, 6.45) is 1.78. The van der Waals surface area contributed by atoms with Crippen LogP contribution in [0.3, 0.4) is 0 Å². The molecule has 1 nitrogen and oxygen atoms in total. The van der Waals surface area contributed by atoms with Crippen LogP contribution in [0.5, 0.6) is 0 Å². The lowest BCUT2D eigenvalue weighted by atomic mass is 10.0. The first-order chi connectivity index (χ1) is 9.13. The Bertz CT molecular complexity index is 601. The predicted molar refractivity (Wildman–Crippen MR) is 82.6 cm³/mol. The SMILES string of the molecule is C/C(=C/CO)c1ccc(-c2cccc(Cl)c2Cl)cc1. The lowest BCUT2D eigenvalue weighted by molar-refractivity contribution is 0.343. The Labute approximate surface area is 123 Å². The monoisotopic (exact) mass is 292 g/mol. The molecule has 0 atom stereocenters. The van der Waals surface area contributed by atoms with Crippen LogP contribution in [0, 0.1) is 0 Å². The predicted octanol–water partition coefficient (Wildman–Crippen LogP) is 5.06. The second-order valence-corrected chi connectivity index (χ2v) is 5.03. The van der Waals surface area contributed by atoms with Gasteiger partial charge in [-0.1, -0.05) is 65.7 Å². The number of hydrogen-bond donors (Lipinski definition) is 1. The number of aliphatic hydroxyl groups excluding tert-OH is 1. The number of hydrogen-bond acceptors (Lipinski definition) is 1. The Hall–Kier alpha value is -1.28. The fourth-order valence-electron chi connectivity index (χ4n) is 1.89. The molecule has 0 aliphatic carbocycles. The van der Waals surface area contributed by atoms with Crippen LogP contribution in [0.1, 0.15) is 12.5 Å². The zero-order chi connectivity index (χ0) is 13.8. The average Bonchev–Trinajstić information content (AvgIpc) is 2.42. The molecule has 19 heavy (non-hydrogen) atoms. The van der Waals surface area contributed by atoms with E-state index in [1.165, 1.54) is 0 Å². The summed E-state index contributed by atoms with van der Waals surface area (Å²) in [7, 11) is 0. The second-order valence-electron chi connectivity index (χ2n) is 4.25. The van der Waals surface area contributed by atoms with E-state index in [9.17, 15) is 0 Å². The maximum absolute atomic E-state index is 8.89. The molecule has 0 aliphatic heterocycles. The molecule has 0 fully saturated rings. The summed E-state index contributed by atoms with van der Waals surface area (Å²) < 4.78 is 0. The molecule has 0 amide bonds. The zero-order valence-electron chi connectivity index (χ0n) is 10.5. The van der Waals surface area contributed by atoms with Gasteiger partial charge in [0.25, 0.3) is 0 Å². The smallest absolute Gasteiger partial charge is 0.0670 e. The molecule has 0 saturated carbocycles. The second kappa shape index (κ2) is 6.25. The van der Waals surface area contributed by atoms with Gasteiger partial charge in [-0.05, 0) is 29.7 Å². The molecule has 3 heteroatoms. The van der Waals surface area contributed by atoms with E-state index in [4.69, 9.17) is 28.3 Å². The van der Waals surface area contributed by atoms with Crippen LogP contribution < -0.4 is 0 Å². The zero-order valence-corrected chi connectivity index (χ0v) is 12.0. The highest BCUT2D eigenvalue weighted by Crippen LogP contribution is 2.33. The van der Waals surface area contributed by atoms with Gasteiger partial charge in [0.15, 0.2) is 0 Å². The Morgan fingerprint density at radius 3 is 2.42 bits per heavy atom. The molecule has 98 valence electrons. The first-order valence-electron chi connectivity index (χ1n) is 5.96. The van der Waals surface area contributed by atoms with Gasteiger partial charge in [-0.2, -0.15) is 0 Å².